The zero-order valence-corrected chi connectivity index (χ0v) is 12.0. The molecule has 0 aliphatic heterocycles. The quantitative estimate of drug-likeness (QED) is 0.872. The molecule has 0 bridgehead atoms. The Kier molecular flexibility index (Phi) is 4.51. The number of aromatic nitrogens is 2. The molecule has 2 aromatic heterocycles. The molecule has 0 radical (unpaired) electrons. The summed E-state index contributed by atoms with van der Waals surface area (Å²) in [4.78, 5) is 12.9. The van der Waals surface area contributed by atoms with Crippen LogP contribution in [0, 0.1) is 0 Å². The second-order valence-corrected chi connectivity index (χ2v) is 5.60. The topological polar surface area (TPSA) is 72.9 Å². The molecule has 3 N–H and O–H groups in total. The summed E-state index contributed by atoms with van der Waals surface area (Å²) in [7, 11) is 0. The summed E-state index contributed by atoms with van der Waals surface area (Å²) in [5.41, 5.74) is 5.96. The molecule has 7 heteroatoms. The maximum atomic E-state index is 11.8. The molecule has 2 heterocycles. The van der Waals surface area contributed by atoms with Gasteiger partial charge in [-0.05, 0) is 22.0 Å². The van der Waals surface area contributed by atoms with E-state index in [1.165, 1.54) is 10.7 Å². The van der Waals surface area contributed by atoms with E-state index in [1.54, 1.807) is 17.5 Å². The van der Waals surface area contributed by atoms with Gasteiger partial charge in [-0.3, -0.25) is 4.79 Å². The second kappa shape index (κ2) is 6.12. The normalized spacial score (nSPS) is 10.6. The fraction of sp³-hybridized carbons (Fsp3) is 0.273. The van der Waals surface area contributed by atoms with Crippen molar-refractivity contribution >= 4 is 33.0 Å². The standard InChI is InChI=1S/C11H13BrN4OS/c12-8-3-10(18-7-8)6-16-11(17)4-9(5-15-16)14-2-1-13/h3-5,7,14H,1-2,6,13H2. The van der Waals surface area contributed by atoms with Gasteiger partial charge in [-0.1, -0.05) is 0 Å². The molecular weight excluding hydrogens is 316 g/mol. The van der Waals surface area contributed by atoms with Crippen LogP contribution in [0.25, 0.3) is 0 Å². The number of hydrogen-bond donors (Lipinski definition) is 2. The smallest absolute Gasteiger partial charge is 0.269 e. The maximum absolute atomic E-state index is 11.8. The number of anilines is 1. The predicted molar refractivity (Wildman–Crippen MR) is 77.2 cm³/mol. The van der Waals surface area contributed by atoms with Gasteiger partial charge in [-0.25, -0.2) is 4.68 Å². The Hall–Kier alpha value is -1.18. The molecular formula is C11H13BrN4OS. The van der Waals surface area contributed by atoms with Gasteiger partial charge in [0.15, 0.2) is 0 Å². The Morgan fingerprint density at radius 3 is 2.94 bits per heavy atom. The number of nitrogens with two attached hydrogens (primary N) is 1. The Labute approximate surface area is 117 Å². The van der Waals surface area contributed by atoms with Crippen LogP contribution < -0.4 is 16.6 Å². The van der Waals surface area contributed by atoms with E-state index in [9.17, 15) is 4.79 Å². The number of rotatable bonds is 5. The average Bonchev–Trinajstić information content (AvgIpc) is 2.75. The van der Waals surface area contributed by atoms with Crippen LogP contribution in [-0.4, -0.2) is 22.9 Å². The molecule has 0 saturated heterocycles. The highest BCUT2D eigenvalue weighted by Crippen LogP contribution is 2.19. The van der Waals surface area contributed by atoms with Crippen molar-refractivity contribution in [3.8, 4) is 0 Å². The Morgan fingerprint density at radius 1 is 1.50 bits per heavy atom. The first kappa shape index (κ1) is 13.3. The van der Waals surface area contributed by atoms with Gasteiger partial charge < -0.3 is 11.1 Å². The van der Waals surface area contributed by atoms with Gasteiger partial charge in [0.05, 0.1) is 18.4 Å². The lowest BCUT2D eigenvalue weighted by Gasteiger charge is -2.06. The van der Waals surface area contributed by atoms with Crippen LogP contribution in [0.5, 0.6) is 0 Å². The van der Waals surface area contributed by atoms with Crippen LogP contribution in [0.15, 0.2) is 33.0 Å². The number of hydrogen-bond acceptors (Lipinski definition) is 5. The molecule has 0 aliphatic rings. The van der Waals surface area contributed by atoms with Gasteiger partial charge in [0.2, 0.25) is 0 Å². The molecule has 0 atom stereocenters. The van der Waals surface area contributed by atoms with E-state index in [0.29, 0.717) is 25.3 Å². The minimum atomic E-state index is -0.124. The van der Waals surface area contributed by atoms with Crippen LogP contribution >= 0.6 is 27.3 Å². The van der Waals surface area contributed by atoms with Crippen molar-refractivity contribution in [3.05, 3.63) is 43.4 Å². The van der Waals surface area contributed by atoms with Crippen molar-refractivity contribution < 1.29 is 0 Å². The molecule has 0 fully saturated rings. The van der Waals surface area contributed by atoms with Crippen molar-refractivity contribution in [2.24, 2.45) is 5.73 Å². The van der Waals surface area contributed by atoms with E-state index in [0.717, 1.165) is 9.35 Å². The molecule has 0 amide bonds. The molecule has 96 valence electrons. The van der Waals surface area contributed by atoms with Crippen LogP contribution in [0.2, 0.25) is 0 Å². The lowest BCUT2D eigenvalue weighted by Crippen LogP contribution is -2.23. The number of thiophene rings is 1. The summed E-state index contributed by atoms with van der Waals surface area (Å²) in [6.07, 6.45) is 1.64. The highest BCUT2D eigenvalue weighted by Gasteiger charge is 2.03. The Morgan fingerprint density at radius 2 is 2.33 bits per heavy atom. The van der Waals surface area contributed by atoms with Gasteiger partial charge in [0, 0.05) is 33.9 Å². The minimum Gasteiger partial charge on any atom is -0.382 e. The molecule has 5 nitrogen and oxygen atoms in total. The van der Waals surface area contributed by atoms with Gasteiger partial charge in [0.1, 0.15) is 0 Å². The lowest BCUT2D eigenvalue weighted by atomic mass is 10.4. The monoisotopic (exact) mass is 328 g/mol. The number of halogens is 1. The summed E-state index contributed by atoms with van der Waals surface area (Å²) in [6.45, 7) is 1.64. The summed E-state index contributed by atoms with van der Waals surface area (Å²) >= 11 is 4.98. The fourth-order valence-corrected chi connectivity index (χ4v) is 2.88. The molecule has 2 rings (SSSR count). The van der Waals surface area contributed by atoms with E-state index in [1.807, 2.05) is 11.4 Å². The van der Waals surface area contributed by atoms with Crippen LogP contribution in [-0.2, 0) is 6.54 Å². The SMILES string of the molecule is NCCNc1cnn(Cc2cc(Br)cs2)c(=O)c1. The first-order valence-corrected chi connectivity index (χ1v) is 7.10. The number of nitrogens with one attached hydrogen (secondary N) is 1. The van der Waals surface area contributed by atoms with Crippen molar-refractivity contribution in [2.45, 2.75) is 6.54 Å². The molecule has 0 aliphatic carbocycles. The molecule has 0 spiro atoms. The zero-order chi connectivity index (χ0) is 13.0. The molecule has 0 saturated carbocycles. The predicted octanol–water partition coefficient (Wildman–Crippen LogP) is 1.49. The summed E-state index contributed by atoms with van der Waals surface area (Å²) in [6, 6.07) is 3.52. The fourth-order valence-electron chi connectivity index (χ4n) is 1.45. The molecule has 18 heavy (non-hydrogen) atoms. The number of nitrogens with zero attached hydrogens (tertiary/aromatic N) is 2. The second-order valence-electron chi connectivity index (χ2n) is 3.69. The average molecular weight is 329 g/mol. The van der Waals surface area contributed by atoms with Crippen molar-refractivity contribution in [1.29, 1.82) is 0 Å². The minimum absolute atomic E-state index is 0.124. The maximum Gasteiger partial charge on any atom is 0.269 e. The van der Waals surface area contributed by atoms with Crippen molar-refractivity contribution in [2.75, 3.05) is 18.4 Å². The third-order valence-electron chi connectivity index (χ3n) is 2.27. The van der Waals surface area contributed by atoms with Crippen molar-refractivity contribution in [3.63, 3.8) is 0 Å². The summed E-state index contributed by atoms with van der Waals surface area (Å²) in [5.74, 6) is 0. The van der Waals surface area contributed by atoms with Gasteiger partial charge in [-0.2, -0.15) is 5.10 Å². The van der Waals surface area contributed by atoms with E-state index in [2.05, 4.69) is 26.3 Å². The largest absolute Gasteiger partial charge is 0.382 e. The Balaban J connectivity index is 2.12. The highest BCUT2D eigenvalue weighted by molar-refractivity contribution is 9.10. The van der Waals surface area contributed by atoms with Crippen LogP contribution in [0.3, 0.4) is 0 Å². The summed E-state index contributed by atoms with van der Waals surface area (Å²) in [5, 5.41) is 9.14. The molecule has 0 unspecified atom stereocenters. The first-order valence-electron chi connectivity index (χ1n) is 5.43. The Bertz CT molecular complexity index is 580. The van der Waals surface area contributed by atoms with Gasteiger partial charge in [-0.15, -0.1) is 11.3 Å². The van der Waals surface area contributed by atoms with E-state index in [-0.39, 0.29) is 5.56 Å². The van der Waals surface area contributed by atoms with Crippen LogP contribution in [0.4, 0.5) is 5.69 Å². The van der Waals surface area contributed by atoms with E-state index in [4.69, 9.17) is 5.73 Å². The molecule has 0 aromatic carbocycles. The molecule has 2 aromatic rings. The first-order chi connectivity index (χ1) is 8.69. The van der Waals surface area contributed by atoms with Gasteiger partial charge in [0.25, 0.3) is 5.56 Å². The third kappa shape index (κ3) is 3.41. The van der Waals surface area contributed by atoms with E-state index >= 15 is 0 Å². The van der Waals surface area contributed by atoms with Crippen molar-refractivity contribution in [1.82, 2.24) is 9.78 Å². The van der Waals surface area contributed by atoms with E-state index < -0.39 is 0 Å². The third-order valence-corrected chi connectivity index (χ3v) is 3.95. The van der Waals surface area contributed by atoms with Gasteiger partial charge >= 0.3 is 0 Å². The summed E-state index contributed by atoms with van der Waals surface area (Å²) < 4.78 is 2.46. The zero-order valence-electron chi connectivity index (χ0n) is 9.60. The van der Waals surface area contributed by atoms with Crippen LogP contribution in [0.1, 0.15) is 4.88 Å². The highest BCUT2D eigenvalue weighted by atomic mass is 79.9. The lowest BCUT2D eigenvalue weighted by molar-refractivity contribution is 0.646.